The van der Waals surface area contributed by atoms with E-state index in [1.807, 2.05) is 36.1 Å². The number of amides is 1. The highest BCUT2D eigenvalue weighted by Gasteiger charge is 2.49. The van der Waals surface area contributed by atoms with Crippen molar-refractivity contribution in [2.45, 2.75) is 29.5 Å². The highest BCUT2D eigenvalue weighted by atomic mass is 35.5. The van der Waals surface area contributed by atoms with Crippen molar-refractivity contribution < 1.29 is 13.2 Å². The molecule has 2 heterocycles. The largest absolute Gasteiger partial charge is 0.296 e. The maximum absolute atomic E-state index is 13.0. The molecule has 4 rings (SSSR count). The second-order valence-corrected chi connectivity index (χ2v) is 10.9. The summed E-state index contributed by atoms with van der Waals surface area (Å²) in [6.45, 7) is 2.78. The molecule has 2 fully saturated rings. The van der Waals surface area contributed by atoms with Crippen molar-refractivity contribution in [2.24, 2.45) is 0 Å². The van der Waals surface area contributed by atoms with Gasteiger partial charge in [-0.3, -0.25) is 9.69 Å². The van der Waals surface area contributed by atoms with E-state index in [9.17, 15) is 13.2 Å². The minimum Gasteiger partial charge on any atom is -0.296 e. The van der Waals surface area contributed by atoms with Crippen molar-refractivity contribution in [3.8, 4) is 0 Å². The fourth-order valence-corrected chi connectivity index (χ4v) is 6.72. The molecule has 1 spiro atoms. The van der Waals surface area contributed by atoms with Gasteiger partial charge in [-0.05, 0) is 56.2 Å². The lowest BCUT2D eigenvalue weighted by molar-refractivity contribution is -0.116. The molecule has 2 aliphatic heterocycles. The van der Waals surface area contributed by atoms with Crippen molar-refractivity contribution in [1.29, 1.82) is 0 Å². The third-order valence-electron chi connectivity index (χ3n) is 5.37. The van der Waals surface area contributed by atoms with Crippen LogP contribution in [0.15, 0.2) is 53.4 Å². The van der Waals surface area contributed by atoms with Crippen molar-refractivity contribution in [1.82, 2.24) is 4.31 Å². The lowest BCUT2D eigenvalue weighted by Crippen LogP contribution is -2.53. The van der Waals surface area contributed by atoms with Crippen LogP contribution in [0.3, 0.4) is 0 Å². The number of hydrogen-bond donors (Lipinski definition) is 0. The first-order valence-electron chi connectivity index (χ1n) is 9.11. The Morgan fingerprint density at radius 3 is 2.21 bits per heavy atom. The molecular formula is C20H21ClN2O3S2. The average molecular weight is 437 g/mol. The summed E-state index contributed by atoms with van der Waals surface area (Å²) in [6.07, 6.45) is 1.20. The molecule has 2 aromatic rings. The molecule has 0 aliphatic carbocycles. The van der Waals surface area contributed by atoms with Gasteiger partial charge in [-0.1, -0.05) is 29.3 Å². The van der Waals surface area contributed by atoms with Gasteiger partial charge in [0.25, 0.3) is 0 Å². The molecule has 2 aromatic carbocycles. The Labute approximate surface area is 174 Å². The maximum Gasteiger partial charge on any atom is 0.243 e. The lowest BCUT2D eigenvalue weighted by atomic mass is 10.0. The number of benzene rings is 2. The number of carbonyl (C=O) groups excluding carboxylic acids is 1. The summed E-state index contributed by atoms with van der Waals surface area (Å²) in [5, 5.41) is 0.506. The molecule has 28 heavy (non-hydrogen) atoms. The van der Waals surface area contributed by atoms with E-state index in [-0.39, 0.29) is 15.7 Å². The predicted molar refractivity (Wildman–Crippen MR) is 113 cm³/mol. The normalized spacial score (nSPS) is 20.1. The number of nitrogens with zero attached hydrogens (tertiary/aromatic N) is 2. The summed E-state index contributed by atoms with van der Waals surface area (Å²) in [7, 11) is -3.56. The summed E-state index contributed by atoms with van der Waals surface area (Å²) in [5.74, 6) is 0.514. The molecule has 0 bridgehead atoms. The number of carbonyl (C=O) groups is 1. The molecule has 148 valence electrons. The van der Waals surface area contributed by atoms with Crippen LogP contribution in [0.5, 0.6) is 0 Å². The molecule has 5 nitrogen and oxygen atoms in total. The summed E-state index contributed by atoms with van der Waals surface area (Å²) in [5.41, 5.74) is 2.02. The topological polar surface area (TPSA) is 57.7 Å². The molecule has 0 N–H and O–H groups in total. The first-order chi connectivity index (χ1) is 13.3. The molecule has 0 atom stereocenters. The van der Waals surface area contributed by atoms with Gasteiger partial charge in [0.05, 0.1) is 15.5 Å². The van der Waals surface area contributed by atoms with Gasteiger partial charge in [0.1, 0.15) is 0 Å². The van der Waals surface area contributed by atoms with Gasteiger partial charge in [-0.15, -0.1) is 11.8 Å². The van der Waals surface area contributed by atoms with Crippen molar-refractivity contribution in [3.63, 3.8) is 0 Å². The van der Waals surface area contributed by atoms with Gasteiger partial charge in [0.15, 0.2) is 0 Å². The Hall–Kier alpha value is -1.54. The van der Waals surface area contributed by atoms with Crippen LogP contribution in [-0.2, 0) is 14.8 Å². The number of hydrogen-bond acceptors (Lipinski definition) is 4. The number of thioether (sulfide) groups is 1. The van der Waals surface area contributed by atoms with Crippen LogP contribution in [-0.4, -0.2) is 42.3 Å². The van der Waals surface area contributed by atoms with Crippen LogP contribution in [0.2, 0.25) is 5.02 Å². The lowest BCUT2D eigenvalue weighted by Gasteiger charge is -2.43. The van der Waals surface area contributed by atoms with Crippen LogP contribution >= 0.6 is 23.4 Å². The molecule has 2 aliphatic rings. The van der Waals surface area contributed by atoms with E-state index in [1.165, 1.54) is 16.4 Å². The number of piperidine rings is 1. The van der Waals surface area contributed by atoms with E-state index in [0.29, 0.717) is 36.7 Å². The Bertz CT molecular complexity index is 983. The molecule has 0 unspecified atom stereocenters. The molecule has 8 heteroatoms. The minimum atomic E-state index is -3.56. The fraction of sp³-hybridized carbons (Fsp3) is 0.350. The molecular weight excluding hydrogens is 416 g/mol. The number of sulfonamides is 1. The number of halogens is 1. The standard InChI is InChI=1S/C20H21ClN2O3S2/c1-15-2-6-17(7-3-15)23-19(24)14-27-20(23)10-12-22(13-11-20)28(25,26)18-8-4-16(21)5-9-18/h2-9H,10-14H2,1H3. The summed E-state index contributed by atoms with van der Waals surface area (Å²) in [6, 6.07) is 14.2. The van der Waals surface area contributed by atoms with E-state index in [2.05, 4.69) is 0 Å². The van der Waals surface area contributed by atoms with E-state index in [0.717, 1.165) is 11.3 Å². The number of anilines is 1. The van der Waals surface area contributed by atoms with E-state index in [1.54, 1.807) is 23.9 Å². The Morgan fingerprint density at radius 1 is 1.00 bits per heavy atom. The van der Waals surface area contributed by atoms with Gasteiger partial charge < -0.3 is 0 Å². The third kappa shape index (κ3) is 3.45. The molecule has 0 aromatic heterocycles. The van der Waals surface area contributed by atoms with Gasteiger partial charge in [0, 0.05) is 23.8 Å². The highest BCUT2D eigenvalue weighted by molar-refractivity contribution is 8.02. The Balaban J connectivity index is 1.56. The van der Waals surface area contributed by atoms with Gasteiger partial charge in [-0.2, -0.15) is 4.31 Å². The first-order valence-corrected chi connectivity index (χ1v) is 11.9. The SMILES string of the molecule is Cc1ccc(N2C(=O)CSC23CCN(S(=O)(=O)c2ccc(Cl)cc2)CC3)cc1. The molecule has 0 radical (unpaired) electrons. The maximum atomic E-state index is 13.0. The van der Waals surface area contributed by atoms with Crippen molar-refractivity contribution in [3.05, 3.63) is 59.1 Å². The average Bonchev–Trinajstić information content (AvgIpc) is 2.99. The summed E-state index contributed by atoms with van der Waals surface area (Å²) >= 11 is 7.51. The first kappa shape index (κ1) is 19.8. The third-order valence-corrected chi connectivity index (χ3v) is 9.05. The summed E-state index contributed by atoms with van der Waals surface area (Å²) in [4.78, 5) is 14.4. The van der Waals surface area contributed by atoms with E-state index < -0.39 is 10.0 Å². The molecule has 1 amide bonds. The van der Waals surface area contributed by atoms with Crippen LogP contribution in [0.25, 0.3) is 0 Å². The highest BCUT2D eigenvalue weighted by Crippen LogP contribution is 2.47. The second-order valence-electron chi connectivity index (χ2n) is 7.16. The zero-order valence-corrected chi connectivity index (χ0v) is 17.9. The zero-order chi connectivity index (χ0) is 19.9. The van der Waals surface area contributed by atoms with Crippen LogP contribution in [0.4, 0.5) is 5.69 Å². The second kappa shape index (κ2) is 7.37. The Morgan fingerprint density at radius 2 is 1.61 bits per heavy atom. The Kier molecular flexibility index (Phi) is 5.20. The predicted octanol–water partition coefficient (Wildman–Crippen LogP) is 3.91. The summed E-state index contributed by atoms with van der Waals surface area (Å²) < 4.78 is 27.4. The molecule has 2 saturated heterocycles. The monoisotopic (exact) mass is 436 g/mol. The number of rotatable bonds is 3. The van der Waals surface area contributed by atoms with Crippen LogP contribution < -0.4 is 4.90 Å². The smallest absolute Gasteiger partial charge is 0.243 e. The number of aryl methyl sites for hydroxylation is 1. The fourth-order valence-electron chi connectivity index (χ4n) is 3.83. The molecule has 0 saturated carbocycles. The van der Waals surface area contributed by atoms with Crippen molar-refractivity contribution in [2.75, 3.05) is 23.7 Å². The van der Waals surface area contributed by atoms with E-state index >= 15 is 0 Å². The van der Waals surface area contributed by atoms with Crippen LogP contribution in [0.1, 0.15) is 18.4 Å². The minimum absolute atomic E-state index is 0.0860. The van der Waals surface area contributed by atoms with Gasteiger partial charge in [-0.25, -0.2) is 8.42 Å². The van der Waals surface area contributed by atoms with Gasteiger partial charge in [0.2, 0.25) is 15.9 Å². The zero-order valence-electron chi connectivity index (χ0n) is 15.5. The van der Waals surface area contributed by atoms with Gasteiger partial charge >= 0.3 is 0 Å². The van der Waals surface area contributed by atoms with E-state index in [4.69, 9.17) is 11.6 Å². The quantitative estimate of drug-likeness (QED) is 0.731. The van der Waals surface area contributed by atoms with Crippen molar-refractivity contribution >= 4 is 45.0 Å². The van der Waals surface area contributed by atoms with Crippen LogP contribution in [0, 0.1) is 6.92 Å².